The van der Waals surface area contributed by atoms with Gasteiger partial charge in [0, 0.05) is 5.92 Å². The van der Waals surface area contributed by atoms with Crippen molar-refractivity contribution in [1.29, 1.82) is 0 Å². The van der Waals surface area contributed by atoms with E-state index in [4.69, 9.17) is 4.74 Å². The van der Waals surface area contributed by atoms with Gasteiger partial charge < -0.3 is 19.8 Å². The van der Waals surface area contributed by atoms with Crippen molar-refractivity contribution in [3.8, 4) is 0 Å². The van der Waals surface area contributed by atoms with Gasteiger partial charge in [-0.15, -0.1) is 0 Å². The molecule has 0 radical (unpaired) electrons. The molecular formula is C20H26N2O6. The van der Waals surface area contributed by atoms with Crippen LogP contribution in [0.5, 0.6) is 0 Å². The summed E-state index contributed by atoms with van der Waals surface area (Å²) in [7, 11) is 0. The minimum atomic E-state index is -1.03. The van der Waals surface area contributed by atoms with Gasteiger partial charge in [-0.2, -0.15) is 0 Å². The zero-order valence-electron chi connectivity index (χ0n) is 15.8. The van der Waals surface area contributed by atoms with Crippen LogP contribution in [0.15, 0.2) is 30.3 Å². The molecule has 3 rings (SSSR count). The van der Waals surface area contributed by atoms with Gasteiger partial charge >= 0.3 is 11.9 Å². The predicted molar refractivity (Wildman–Crippen MR) is 99.8 cm³/mol. The molecule has 0 bridgehead atoms. The number of amides is 1. The van der Waals surface area contributed by atoms with Crippen LogP contribution < -0.4 is 5.32 Å². The molecule has 2 saturated heterocycles. The fourth-order valence-corrected chi connectivity index (χ4v) is 4.12. The van der Waals surface area contributed by atoms with Crippen LogP contribution in [-0.4, -0.2) is 70.3 Å². The molecule has 8 heteroatoms. The highest BCUT2D eigenvalue weighted by Gasteiger charge is 2.50. The maximum atomic E-state index is 13.0. The highest BCUT2D eigenvalue weighted by atomic mass is 16.5. The Balaban J connectivity index is 1.65. The first-order valence-electron chi connectivity index (χ1n) is 9.54. The van der Waals surface area contributed by atoms with E-state index in [1.54, 1.807) is 6.92 Å². The van der Waals surface area contributed by atoms with E-state index in [0.717, 1.165) is 5.56 Å². The van der Waals surface area contributed by atoms with Crippen LogP contribution in [0.4, 0.5) is 0 Å². The Morgan fingerprint density at radius 2 is 1.93 bits per heavy atom. The van der Waals surface area contributed by atoms with Crippen molar-refractivity contribution < 1.29 is 29.3 Å². The molecular weight excluding hydrogens is 364 g/mol. The van der Waals surface area contributed by atoms with Crippen molar-refractivity contribution in [2.45, 2.75) is 50.4 Å². The van der Waals surface area contributed by atoms with Gasteiger partial charge in [0.05, 0.1) is 25.3 Å². The zero-order valence-corrected chi connectivity index (χ0v) is 15.8. The number of benzene rings is 1. The van der Waals surface area contributed by atoms with E-state index in [9.17, 15) is 24.6 Å². The SMILES string of the molecule is CC(N[C@@H](CCc1ccccc1)C(=O)O)C(=O)N1C2COCC2C[C@H]1C(=O)O. The summed E-state index contributed by atoms with van der Waals surface area (Å²) in [6.45, 7) is 2.36. The molecule has 0 aliphatic carbocycles. The third-order valence-electron chi connectivity index (χ3n) is 5.61. The first kappa shape index (κ1) is 20.3. The number of carbonyl (C=O) groups excluding carboxylic acids is 1. The number of carbonyl (C=O) groups is 3. The fourth-order valence-electron chi connectivity index (χ4n) is 4.12. The molecule has 8 nitrogen and oxygen atoms in total. The Hall–Kier alpha value is -2.45. The highest BCUT2D eigenvalue weighted by molar-refractivity contribution is 5.88. The van der Waals surface area contributed by atoms with Crippen LogP contribution in [0.1, 0.15) is 25.3 Å². The van der Waals surface area contributed by atoms with Crippen molar-refractivity contribution in [2.75, 3.05) is 13.2 Å². The summed E-state index contributed by atoms with van der Waals surface area (Å²) in [5.74, 6) is -2.44. The quantitative estimate of drug-likeness (QED) is 0.600. The number of hydrogen-bond donors (Lipinski definition) is 3. The molecule has 3 N–H and O–H groups in total. The third-order valence-corrected chi connectivity index (χ3v) is 5.61. The average molecular weight is 390 g/mol. The van der Waals surface area contributed by atoms with Gasteiger partial charge in [-0.3, -0.25) is 14.9 Å². The normalized spacial score (nSPS) is 25.9. The largest absolute Gasteiger partial charge is 0.480 e. The Morgan fingerprint density at radius 3 is 2.57 bits per heavy atom. The lowest BCUT2D eigenvalue weighted by atomic mass is 10.0. The van der Waals surface area contributed by atoms with Crippen molar-refractivity contribution in [3.05, 3.63) is 35.9 Å². The second kappa shape index (κ2) is 8.70. The lowest BCUT2D eigenvalue weighted by Gasteiger charge is -2.31. The van der Waals surface area contributed by atoms with Gasteiger partial charge in [-0.1, -0.05) is 30.3 Å². The van der Waals surface area contributed by atoms with Gasteiger partial charge in [-0.05, 0) is 31.7 Å². The zero-order chi connectivity index (χ0) is 20.3. The number of carboxylic acids is 2. The van der Waals surface area contributed by atoms with Crippen molar-refractivity contribution in [1.82, 2.24) is 10.2 Å². The van der Waals surface area contributed by atoms with E-state index < -0.39 is 36.0 Å². The summed E-state index contributed by atoms with van der Waals surface area (Å²) in [6, 6.07) is 6.68. The number of nitrogens with zero attached hydrogens (tertiary/aromatic N) is 1. The standard InChI is InChI=1S/C20H26N2O6/c1-12(21-15(19(24)25)8-7-13-5-3-2-4-6-13)18(23)22-16(20(26)27)9-14-10-28-11-17(14)22/h2-6,12,14-17,21H,7-11H2,1H3,(H,24,25)(H,26,27)/t12?,14?,15-,16-,17?/m0/s1. The van der Waals surface area contributed by atoms with E-state index in [1.165, 1.54) is 4.90 Å². The summed E-state index contributed by atoms with van der Waals surface area (Å²) in [5.41, 5.74) is 1.02. The van der Waals surface area contributed by atoms with E-state index in [-0.39, 0.29) is 12.0 Å². The smallest absolute Gasteiger partial charge is 0.326 e. The molecule has 2 fully saturated rings. The lowest BCUT2D eigenvalue weighted by Crippen LogP contribution is -2.55. The maximum Gasteiger partial charge on any atom is 0.326 e. The molecule has 2 aliphatic rings. The third kappa shape index (κ3) is 4.34. The number of hydrogen-bond acceptors (Lipinski definition) is 5. The molecule has 28 heavy (non-hydrogen) atoms. The van der Waals surface area contributed by atoms with Crippen molar-refractivity contribution in [3.63, 3.8) is 0 Å². The summed E-state index contributed by atoms with van der Waals surface area (Å²) >= 11 is 0. The number of nitrogens with one attached hydrogen (secondary N) is 1. The first-order chi connectivity index (χ1) is 13.4. The molecule has 5 atom stereocenters. The predicted octanol–water partition coefficient (Wildman–Crippen LogP) is 0.751. The Kier molecular flexibility index (Phi) is 6.31. The van der Waals surface area contributed by atoms with E-state index in [2.05, 4.69) is 5.32 Å². The second-order valence-electron chi connectivity index (χ2n) is 7.50. The van der Waals surface area contributed by atoms with Crippen LogP contribution in [0.2, 0.25) is 0 Å². The molecule has 2 aliphatic heterocycles. The second-order valence-corrected chi connectivity index (χ2v) is 7.50. The number of carboxylic acid groups (broad SMARTS) is 2. The van der Waals surface area contributed by atoms with Gasteiger partial charge in [0.25, 0.3) is 0 Å². The summed E-state index contributed by atoms with van der Waals surface area (Å²) in [5, 5.41) is 21.9. The molecule has 0 saturated carbocycles. The minimum absolute atomic E-state index is 0.0191. The van der Waals surface area contributed by atoms with Crippen LogP contribution in [0.3, 0.4) is 0 Å². The molecule has 1 aromatic rings. The number of ether oxygens (including phenoxy) is 1. The summed E-state index contributed by atoms with van der Waals surface area (Å²) in [6.07, 6.45) is 1.26. The average Bonchev–Trinajstić information content (AvgIpc) is 3.26. The molecule has 1 amide bonds. The van der Waals surface area contributed by atoms with Gasteiger partial charge in [0.15, 0.2) is 0 Å². The van der Waals surface area contributed by atoms with E-state index in [1.807, 2.05) is 30.3 Å². The Bertz CT molecular complexity index is 725. The van der Waals surface area contributed by atoms with E-state index in [0.29, 0.717) is 32.5 Å². The molecule has 0 aromatic heterocycles. The molecule has 2 heterocycles. The maximum absolute atomic E-state index is 13.0. The van der Waals surface area contributed by atoms with Gasteiger partial charge in [0.1, 0.15) is 12.1 Å². The van der Waals surface area contributed by atoms with Gasteiger partial charge in [0.2, 0.25) is 5.91 Å². The van der Waals surface area contributed by atoms with Crippen LogP contribution >= 0.6 is 0 Å². The van der Waals surface area contributed by atoms with Crippen LogP contribution in [-0.2, 0) is 25.5 Å². The van der Waals surface area contributed by atoms with Crippen LogP contribution in [0, 0.1) is 5.92 Å². The number of aryl methyl sites for hydroxylation is 1. The Labute approximate surface area is 163 Å². The molecule has 0 spiro atoms. The monoisotopic (exact) mass is 390 g/mol. The molecule has 3 unspecified atom stereocenters. The minimum Gasteiger partial charge on any atom is -0.480 e. The fraction of sp³-hybridized carbons (Fsp3) is 0.550. The lowest BCUT2D eigenvalue weighted by molar-refractivity contribution is -0.151. The topological polar surface area (TPSA) is 116 Å². The number of likely N-dealkylation sites (tertiary alicyclic amines) is 1. The van der Waals surface area contributed by atoms with Crippen molar-refractivity contribution in [2.24, 2.45) is 5.92 Å². The first-order valence-corrected chi connectivity index (χ1v) is 9.54. The van der Waals surface area contributed by atoms with Gasteiger partial charge in [-0.25, -0.2) is 4.79 Å². The molecule has 152 valence electrons. The number of fused-ring (bicyclic) bond motifs is 1. The van der Waals surface area contributed by atoms with E-state index >= 15 is 0 Å². The van der Waals surface area contributed by atoms with Crippen LogP contribution in [0.25, 0.3) is 0 Å². The molecule has 1 aromatic carbocycles. The Morgan fingerprint density at radius 1 is 1.21 bits per heavy atom. The summed E-state index contributed by atoms with van der Waals surface area (Å²) < 4.78 is 5.41. The highest BCUT2D eigenvalue weighted by Crippen LogP contribution is 2.35. The summed E-state index contributed by atoms with van der Waals surface area (Å²) in [4.78, 5) is 37.6. The number of rotatable bonds is 8. The number of aliphatic carboxylic acids is 2. The van der Waals surface area contributed by atoms with Crippen molar-refractivity contribution >= 4 is 17.8 Å².